The molecule has 0 spiro atoms. The van der Waals surface area contributed by atoms with E-state index in [9.17, 15) is 8.42 Å². The second kappa shape index (κ2) is 6.47. The molecular weight excluding hydrogens is 294 g/mol. The molecule has 1 fully saturated rings. The Morgan fingerprint density at radius 3 is 2.60 bits per heavy atom. The fraction of sp³-hybridized carbons (Fsp3) is 0.571. The van der Waals surface area contributed by atoms with Crippen molar-refractivity contribution in [3.05, 3.63) is 35.4 Å². The molecule has 4 nitrogen and oxygen atoms in total. The minimum Gasteiger partial charge on any atom is -0.392 e. The number of thioether (sulfide) groups is 1. The Morgan fingerprint density at radius 1 is 1.35 bits per heavy atom. The summed E-state index contributed by atoms with van der Waals surface area (Å²) in [6.07, 6.45) is 5.38. The first-order valence-electron chi connectivity index (χ1n) is 6.70. The standard InChI is InChI=1S/C14H21NO3S2/c1-19-14(6-3-7-14)11-15-20(17,18)10-13-5-2-4-12(8-13)9-16/h2,4-5,8,15-16H,3,6-7,9-11H2,1H3. The van der Waals surface area contributed by atoms with Crippen LogP contribution in [0.25, 0.3) is 0 Å². The van der Waals surface area contributed by atoms with Gasteiger partial charge in [-0.2, -0.15) is 11.8 Å². The summed E-state index contributed by atoms with van der Waals surface area (Å²) in [5.41, 5.74) is 1.44. The largest absolute Gasteiger partial charge is 0.392 e. The van der Waals surface area contributed by atoms with Gasteiger partial charge in [-0.05, 0) is 30.2 Å². The Labute approximate surface area is 125 Å². The number of aliphatic hydroxyl groups excluding tert-OH is 1. The minimum atomic E-state index is -3.32. The van der Waals surface area contributed by atoms with Crippen molar-refractivity contribution in [1.29, 1.82) is 0 Å². The number of nitrogens with one attached hydrogen (secondary N) is 1. The summed E-state index contributed by atoms with van der Waals surface area (Å²) in [7, 11) is -3.32. The van der Waals surface area contributed by atoms with Crippen molar-refractivity contribution in [3.63, 3.8) is 0 Å². The van der Waals surface area contributed by atoms with Gasteiger partial charge in [0, 0.05) is 11.3 Å². The van der Waals surface area contributed by atoms with Crippen LogP contribution in [0, 0.1) is 0 Å². The molecule has 0 radical (unpaired) electrons. The highest BCUT2D eigenvalue weighted by molar-refractivity contribution is 8.00. The molecule has 1 aromatic rings. The Bertz CT molecular complexity index is 548. The van der Waals surface area contributed by atoms with Gasteiger partial charge in [-0.15, -0.1) is 0 Å². The zero-order valence-corrected chi connectivity index (χ0v) is 13.3. The molecule has 1 aliphatic carbocycles. The first kappa shape index (κ1) is 15.8. The van der Waals surface area contributed by atoms with Gasteiger partial charge in [0.2, 0.25) is 10.0 Å². The molecule has 0 unspecified atom stereocenters. The van der Waals surface area contributed by atoms with E-state index in [-0.39, 0.29) is 17.1 Å². The first-order chi connectivity index (χ1) is 9.49. The third-order valence-corrected chi connectivity index (χ3v) is 6.56. The van der Waals surface area contributed by atoms with E-state index in [4.69, 9.17) is 5.11 Å². The molecule has 0 heterocycles. The average Bonchev–Trinajstić information content (AvgIpc) is 2.37. The van der Waals surface area contributed by atoms with Crippen molar-refractivity contribution in [2.45, 2.75) is 36.4 Å². The average molecular weight is 315 g/mol. The van der Waals surface area contributed by atoms with Crippen molar-refractivity contribution < 1.29 is 13.5 Å². The first-order valence-corrected chi connectivity index (χ1v) is 9.57. The lowest BCUT2D eigenvalue weighted by atomic mass is 9.84. The van der Waals surface area contributed by atoms with E-state index >= 15 is 0 Å². The van der Waals surface area contributed by atoms with E-state index in [0.29, 0.717) is 12.1 Å². The fourth-order valence-corrected chi connectivity index (χ4v) is 4.58. The summed E-state index contributed by atoms with van der Waals surface area (Å²) < 4.78 is 27.1. The van der Waals surface area contributed by atoms with Crippen LogP contribution in [0.4, 0.5) is 0 Å². The lowest BCUT2D eigenvalue weighted by Crippen LogP contribution is -2.45. The number of hydrogen-bond acceptors (Lipinski definition) is 4. The molecule has 2 N–H and O–H groups in total. The van der Waals surface area contributed by atoms with Crippen LogP contribution in [-0.4, -0.2) is 31.1 Å². The molecule has 1 aromatic carbocycles. The van der Waals surface area contributed by atoms with Crippen LogP contribution in [0.3, 0.4) is 0 Å². The van der Waals surface area contributed by atoms with Crippen LogP contribution in [-0.2, 0) is 22.4 Å². The van der Waals surface area contributed by atoms with Crippen LogP contribution < -0.4 is 4.72 Å². The summed E-state index contributed by atoms with van der Waals surface area (Å²) in [6, 6.07) is 7.05. The van der Waals surface area contributed by atoms with Crippen LogP contribution in [0.5, 0.6) is 0 Å². The molecule has 6 heteroatoms. The zero-order valence-electron chi connectivity index (χ0n) is 11.6. The van der Waals surface area contributed by atoms with Crippen molar-refractivity contribution in [1.82, 2.24) is 4.72 Å². The van der Waals surface area contributed by atoms with Gasteiger partial charge in [0.15, 0.2) is 0 Å². The second-order valence-corrected chi connectivity index (χ2v) is 8.38. The van der Waals surface area contributed by atoms with E-state index in [0.717, 1.165) is 18.4 Å². The maximum absolute atomic E-state index is 12.1. The summed E-state index contributed by atoms with van der Waals surface area (Å²) in [4.78, 5) is 0. The molecule has 0 amide bonds. The summed E-state index contributed by atoms with van der Waals surface area (Å²) in [6.45, 7) is 0.438. The monoisotopic (exact) mass is 315 g/mol. The van der Waals surface area contributed by atoms with Gasteiger partial charge in [-0.25, -0.2) is 13.1 Å². The van der Waals surface area contributed by atoms with Crippen molar-refractivity contribution in [2.24, 2.45) is 0 Å². The molecule has 0 aliphatic heterocycles. The van der Waals surface area contributed by atoms with Gasteiger partial charge >= 0.3 is 0 Å². The van der Waals surface area contributed by atoms with Gasteiger partial charge in [0.1, 0.15) is 0 Å². The normalized spacial score (nSPS) is 17.7. The molecule has 0 aromatic heterocycles. The Morgan fingerprint density at radius 2 is 2.05 bits per heavy atom. The van der Waals surface area contributed by atoms with Crippen LogP contribution in [0.1, 0.15) is 30.4 Å². The fourth-order valence-electron chi connectivity index (χ4n) is 2.35. The van der Waals surface area contributed by atoms with E-state index in [1.165, 1.54) is 6.42 Å². The molecular formula is C14H21NO3S2. The third kappa shape index (κ3) is 3.97. The van der Waals surface area contributed by atoms with Crippen LogP contribution >= 0.6 is 11.8 Å². The predicted octanol–water partition coefficient (Wildman–Crippen LogP) is 1.88. The molecule has 0 atom stereocenters. The predicted molar refractivity (Wildman–Crippen MR) is 83.1 cm³/mol. The van der Waals surface area contributed by atoms with Crippen molar-refractivity contribution in [2.75, 3.05) is 12.8 Å². The summed E-state index contributed by atoms with van der Waals surface area (Å²) in [5.74, 6) is -0.0364. The molecule has 0 bridgehead atoms. The van der Waals surface area contributed by atoms with Gasteiger partial charge in [0.25, 0.3) is 0 Å². The number of sulfonamides is 1. The number of rotatable bonds is 7. The zero-order chi connectivity index (χ0) is 14.6. The van der Waals surface area contributed by atoms with Crippen LogP contribution in [0.2, 0.25) is 0 Å². The van der Waals surface area contributed by atoms with Gasteiger partial charge in [0.05, 0.1) is 12.4 Å². The lowest BCUT2D eigenvalue weighted by Gasteiger charge is -2.40. The topological polar surface area (TPSA) is 66.4 Å². The van der Waals surface area contributed by atoms with Gasteiger partial charge in [-0.3, -0.25) is 0 Å². The highest BCUT2D eigenvalue weighted by Gasteiger charge is 2.36. The highest BCUT2D eigenvalue weighted by atomic mass is 32.2. The quantitative estimate of drug-likeness (QED) is 0.806. The molecule has 20 heavy (non-hydrogen) atoms. The molecule has 1 aliphatic rings. The lowest BCUT2D eigenvalue weighted by molar-refractivity contribution is 0.282. The molecule has 0 saturated heterocycles. The number of aliphatic hydroxyl groups is 1. The minimum absolute atomic E-state index is 0.0364. The molecule has 1 saturated carbocycles. The molecule has 112 valence electrons. The van der Waals surface area contributed by atoms with Gasteiger partial charge < -0.3 is 5.11 Å². The van der Waals surface area contributed by atoms with E-state index in [1.807, 2.05) is 6.26 Å². The van der Waals surface area contributed by atoms with E-state index < -0.39 is 10.0 Å². The summed E-state index contributed by atoms with van der Waals surface area (Å²) >= 11 is 1.75. The van der Waals surface area contributed by atoms with Crippen molar-refractivity contribution in [3.8, 4) is 0 Å². The van der Waals surface area contributed by atoms with Crippen LogP contribution in [0.15, 0.2) is 24.3 Å². The SMILES string of the molecule is CSC1(CNS(=O)(=O)Cc2cccc(CO)c2)CCC1. The number of benzene rings is 1. The Balaban J connectivity index is 1.96. The Hall–Kier alpha value is -0.560. The second-order valence-electron chi connectivity index (χ2n) is 5.30. The maximum Gasteiger partial charge on any atom is 0.215 e. The molecule has 2 rings (SSSR count). The number of hydrogen-bond donors (Lipinski definition) is 2. The van der Waals surface area contributed by atoms with Crippen molar-refractivity contribution >= 4 is 21.8 Å². The van der Waals surface area contributed by atoms with Gasteiger partial charge in [-0.1, -0.05) is 30.7 Å². The Kier molecular flexibility index (Phi) is 5.12. The highest BCUT2D eigenvalue weighted by Crippen LogP contribution is 2.42. The smallest absolute Gasteiger partial charge is 0.215 e. The third-order valence-electron chi connectivity index (χ3n) is 3.84. The summed E-state index contributed by atoms with van der Waals surface area (Å²) in [5, 5.41) is 9.07. The van der Waals surface area contributed by atoms with E-state index in [2.05, 4.69) is 4.72 Å². The maximum atomic E-state index is 12.1. The van der Waals surface area contributed by atoms with E-state index in [1.54, 1.807) is 36.0 Å².